The topological polar surface area (TPSA) is 70.7 Å². The molecule has 1 N–H and O–H groups in total. The number of amides is 1. The van der Waals surface area contributed by atoms with Gasteiger partial charge in [-0.3, -0.25) is 9.69 Å². The molecule has 0 saturated carbocycles. The lowest BCUT2D eigenvalue weighted by molar-refractivity contribution is 0.0169. The predicted octanol–water partition coefficient (Wildman–Crippen LogP) is 3.74. The number of nitrogens with zero attached hydrogens (tertiary/aromatic N) is 3. The molecule has 3 fully saturated rings. The van der Waals surface area contributed by atoms with Crippen LogP contribution in [0.5, 0.6) is 5.75 Å². The molecule has 1 unspecified atom stereocenters. The molecule has 3 aromatic rings. The molecule has 2 aromatic carbocycles. The third-order valence-electron chi connectivity index (χ3n) is 7.42. The number of aromatic amines is 1. The number of nitrogens with one attached hydrogen (secondary N) is 1. The molecule has 176 valence electrons. The molecule has 7 nitrogen and oxygen atoms in total. The average Bonchev–Trinajstić information content (AvgIpc) is 3.60. The van der Waals surface area contributed by atoms with Crippen LogP contribution in [0.3, 0.4) is 0 Å². The van der Waals surface area contributed by atoms with Crippen molar-refractivity contribution in [1.29, 1.82) is 0 Å². The average molecular weight is 459 g/mol. The number of rotatable bonds is 6. The summed E-state index contributed by atoms with van der Waals surface area (Å²) in [6, 6.07) is 18.3. The summed E-state index contributed by atoms with van der Waals surface area (Å²) in [5, 5.41) is 0. The van der Waals surface area contributed by atoms with Crippen LogP contribution in [-0.2, 0) is 11.3 Å². The van der Waals surface area contributed by atoms with Crippen LogP contribution in [-0.4, -0.2) is 70.2 Å². The van der Waals surface area contributed by atoms with Crippen molar-refractivity contribution < 1.29 is 14.3 Å². The van der Waals surface area contributed by atoms with Gasteiger partial charge in [0.05, 0.1) is 31.6 Å². The number of hydrogen-bond donors (Lipinski definition) is 1. The quantitative estimate of drug-likeness (QED) is 0.610. The molecule has 34 heavy (non-hydrogen) atoms. The van der Waals surface area contributed by atoms with Gasteiger partial charge in [0, 0.05) is 18.7 Å². The minimum Gasteiger partial charge on any atom is -0.487 e. The number of H-pyrrole nitrogens is 1. The molecular weight excluding hydrogens is 428 g/mol. The molecule has 3 aliphatic heterocycles. The Morgan fingerprint density at radius 3 is 2.71 bits per heavy atom. The van der Waals surface area contributed by atoms with Gasteiger partial charge < -0.3 is 19.4 Å². The lowest BCUT2D eigenvalue weighted by Gasteiger charge is -2.38. The standard InChI is InChI=1S/C27H30N4O3/c32-26(25-28-15-24(29-25)21-5-2-1-3-6-21)30-17-23(18-30)34-22-9-7-20(8-10-22)16-31-13-4-11-27(31)12-14-33-19-27/h1-3,5-10,15,23H,4,11-14,16-19H2,(H,28,29). The molecule has 1 atom stereocenters. The van der Waals surface area contributed by atoms with E-state index in [0.29, 0.717) is 18.9 Å². The van der Waals surface area contributed by atoms with E-state index in [4.69, 9.17) is 9.47 Å². The van der Waals surface area contributed by atoms with Crippen LogP contribution in [0.25, 0.3) is 11.3 Å². The van der Waals surface area contributed by atoms with Gasteiger partial charge >= 0.3 is 0 Å². The molecule has 0 bridgehead atoms. The molecule has 0 radical (unpaired) electrons. The normalized spacial score (nSPS) is 22.9. The molecule has 1 amide bonds. The van der Waals surface area contributed by atoms with Gasteiger partial charge in [0.1, 0.15) is 11.9 Å². The van der Waals surface area contributed by atoms with Crippen LogP contribution < -0.4 is 4.74 Å². The van der Waals surface area contributed by atoms with Crippen LogP contribution in [0.15, 0.2) is 60.8 Å². The lowest BCUT2D eigenvalue weighted by atomic mass is 9.95. The van der Waals surface area contributed by atoms with Gasteiger partial charge in [0.2, 0.25) is 0 Å². The zero-order valence-corrected chi connectivity index (χ0v) is 19.3. The van der Waals surface area contributed by atoms with E-state index in [0.717, 1.165) is 49.7 Å². The molecule has 7 heteroatoms. The van der Waals surface area contributed by atoms with E-state index in [1.165, 1.54) is 18.4 Å². The Hall–Kier alpha value is -3.16. The number of ether oxygens (including phenoxy) is 2. The summed E-state index contributed by atoms with van der Waals surface area (Å²) < 4.78 is 11.8. The van der Waals surface area contributed by atoms with Gasteiger partial charge in [0.25, 0.3) is 5.91 Å². The fraction of sp³-hybridized carbons (Fsp3) is 0.407. The summed E-state index contributed by atoms with van der Waals surface area (Å²) in [4.78, 5) is 24.5. The largest absolute Gasteiger partial charge is 0.487 e. The summed E-state index contributed by atoms with van der Waals surface area (Å²) in [6.45, 7) is 5.00. The number of benzene rings is 2. The van der Waals surface area contributed by atoms with Crippen molar-refractivity contribution in [2.45, 2.75) is 37.5 Å². The first-order chi connectivity index (χ1) is 16.7. The van der Waals surface area contributed by atoms with Crippen molar-refractivity contribution in [1.82, 2.24) is 19.8 Å². The van der Waals surface area contributed by atoms with Crippen LogP contribution >= 0.6 is 0 Å². The van der Waals surface area contributed by atoms with Crippen LogP contribution in [0, 0.1) is 0 Å². The first-order valence-electron chi connectivity index (χ1n) is 12.2. The Labute approximate surface area is 199 Å². The molecule has 0 aliphatic carbocycles. The maximum Gasteiger partial charge on any atom is 0.289 e. The van der Waals surface area contributed by atoms with Gasteiger partial charge in [-0.2, -0.15) is 0 Å². The molecular formula is C27H30N4O3. The first kappa shape index (κ1) is 21.4. The number of imidazole rings is 1. The Bertz CT molecular complexity index is 1130. The maximum absolute atomic E-state index is 12.7. The zero-order chi connectivity index (χ0) is 23.0. The second kappa shape index (κ2) is 8.89. The number of hydrogen-bond acceptors (Lipinski definition) is 5. The van der Waals surface area contributed by atoms with E-state index in [2.05, 4.69) is 27.0 Å². The van der Waals surface area contributed by atoms with E-state index >= 15 is 0 Å². The van der Waals surface area contributed by atoms with Crippen molar-refractivity contribution in [3.8, 4) is 17.0 Å². The van der Waals surface area contributed by atoms with Crippen molar-refractivity contribution in [2.24, 2.45) is 0 Å². The third-order valence-corrected chi connectivity index (χ3v) is 7.42. The molecule has 3 saturated heterocycles. The lowest BCUT2D eigenvalue weighted by Crippen LogP contribution is -2.56. The molecule has 4 heterocycles. The van der Waals surface area contributed by atoms with Gasteiger partial charge in [-0.1, -0.05) is 42.5 Å². The van der Waals surface area contributed by atoms with Crippen molar-refractivity contribution in [3.05, 3.63) is 72.2 Å². The molecule has 1 spiro atoms. The Kier molecular flexibility index (Phi) is 5.59. The van der Waals surface area contributed by atoms with Crippen LogP contribution in [0.4, 0.5) is 0 Å². The fourth-order valence-corrected chi connectivity index (χ4v) is 5.39. The highest BCUT2D eigenvalue weighted by molar-refractivity contribution is 5.92. The third kappa shape index (κ3) is 4.10. The smallest absolute Gasteiger partial charge is 0.289 e. The summed E-state index contributed by atoms with van der Waals surface area (Å²) >= 11 is 0. The molecule has 1 aromatic heterocycles. The Morgan fingerprint density at radius 1 is 1.12 bits per heavy atom. The maximum atomic E-state index is 12.7. The van der Waals surface area contributed by atoms with Crippen molar-refractivity contribution in [3.63, 3.8) is 0 Å². The fourth-order valence-electron chi connectivity index (χ4n) is 5.39. The summed E-state index contributed by atoms with van der Waals surface area (Å²) in [6.07, 6.45) is 5.37. The summed E-state index contributed by atoms with van der Waals surface area (Å²) in [7, 11) is 0. The second-order valence-electron chi connectivity index (χ2n) is 9.66. The highest BCUT2D eigenvalue weighted by Crippen LogP contribution is 2.37. The van der Waals surface area contributed by atoms with E-state index in [1.54, 1.807) is 11.1 Å². The predicted molar refractivity (Wildman–Crippen MR) is 129 cm³/mol. The van der Waals surface area contributed by atoms with Crippen LogP contribution in [0.1, 0.15) is 35.4 Å². The van der Waals surface area contributed by atoms with Crippen molar-refractivity contribution >= 4 is 5.91 Å². The highest BCUT2D eigenvalue weighted by Gasteiger charge is 2.43. The second-order valence-corrected chi connectivity index (χ2v) is 9.66. The van der Waals surface area contributed by atoms with E-state index < -0.39 is 0 Å². The number of carbonyl (C=O) groups is 1. The molecule has 3 aliphatic rings. The monoisotopic (exact) mass is 458 g/mol. The Balaban J connectivity index is 1.00. The van der Waals surface area contributed by atoms with Crippen LogP contribution in [0.2, 0.25) is 0 Å². The Morgan fingerprint density at radius 2 is 1.94 bits per heavy atom. The SMILES string of the molecule is O=C(c1ncc(-c2ccccc2)[nH]1)N1CC(Oc2ccc(CN3CCCC34CCOC4)cc2)C1. The van der Waals surface area contributed by atoms with E-state index in [9.17, 15) is 4.79 Å². The molecule has 6 rings (SSSR count). The van der Waals surface area contributed by atoms with Gasteiger partial charge in [-0.15, -0.1) is 0 Å². The van der Waals surface area contributed by atoms with Gasteiger partial charge in [-0.05, 0) is 49.1 Å². The van der Waals surface area contributed by atoms with Crippen molar-refractivity contribution in [2.75, 3.05) is 32.8 Å². The number of likely N-dealkylation sites (tertiary alicyclic amines) is 2. The number of carbonyl (C=O) groups excluding carboxylic acids is 1. The summed E-state index contributed by atoms with van der Waals surface area (Å²) in [5.41, 5.74) is 3.42. The minimum absolute atomic E-state index is 0.0100. The zero-order valence-electron chi connectivity index (χ0n) is 19.3. The van der Waals surface area contributed by atoms with Gasteiger partial charge in [0.15, 0.2) is 5.82 Å². The highest BCUT2D eigenvalue weighted by atomic mass is 16.5. The summed E-state index contributed by atoms with van der Waals surface area (Å²) in [5.74, 6) is 1.13. The van der Waals surface area contributed by atoms with E-state index in [-0.39, 0.29) is 17.6 Å². The first-order valence-corrected chi connectivity index (χ1v) is 12.2. The number of aromatic nitrogens is 2. The van der Waals surface area contributed by atoms with Gasteiger partial charge in [-0.25, -0.2) is 4.98 Å². The van der Waals surface area contributed by atoms with E-state index in [1.807, 2.05) is 42.5 Å². The minimum atomic E-state index is -0.0900.